The molecule has 1 aliphatic heterocycles. The van der Waals surface area contributed by atoms with Crippen molar-refractivity contribution in [2.45, 2.75) is 13.5 Å². The molecule has 9 heteroatoms. The molecule has 0 saturated carbocycles. The van der Waals surface area contributed by atoms with Gasteiger partial charge in [-0.05, 0) is 35.9 Å². The second-order valence-corrected chi connectivity index (χ2v) is 5.80. The van der Waals surface area contributed by atoms with Crippen molar-refractivity contribution in [1.29, 1.82) is 0 Å². The zero-order valence-electron chi connectivity index (χ0n) is 15.1. The molecule has 144 valence electrons. The largest absolute Gasteiger partial charge is 0.463 e. The van der Waals surface area contributed by atoms with Gasteiger partial charge in [-0.3, -0.25) is 14.5 Å². The molecule has 2 aromatic rings. The Morgan fingerprint density at radius 1 is 1.21 bits per heavy atom. The van der Waals surface area contributed by atoms with Crippen LogP contribution in [0.2, 0.25) is 0 Å². The maximum atomic E-state index is 12.5. The SMILES string of the molecule is COC(=O)c1ccc(CN2C(=O)N/C(=C\c3cccc(OC(C)=O)c3)C2=O)o1. The number of amides is 3. The molecular weight excluding hydrogens is 368 g/mol. The molecule has 0 spiro atoms. The number of hydrogen-bond donors (Lipinski definition) is 1. The lowest BCUT2D eigenvalue weighted by Crippen LogP contribution is -2.30. The van der Waals surface area contributed by atoms with Crippen LogP contribution in [-0.4, -0.2) is 35.9 Å². The van der Waals surface area contributed by atoms with Crippen LogP contribution in [-0.2, 0) is 20.9 Å². The molecule has 1 N–H and O–H groups in total. The molecule has 1 fully saturated rings. The molecule has 3 rings (SSSR count). The lowest BCUT2D eigenvalue weighted by molar-refractivity contribution is -0.132. The number of furan rings is 1. The predicted octanol–water partition coefficient (Wildman–Crippen LogP) is 2.08. The van der Waals surface area contributed by atoms with Gasteiger partial charge in [-0.15, -0.1) is 0 Å². The van der Waals surface area contributed by atoms with Crippen molar-refractivity contribution in [3.63, 3.8) is 0 Å². The summed E-state index contributed by atoms with van der Waals surface area (Å²) in [4.78, 5) is 48.1. The number of carbonyl (C=O) groups is 4. The van der Waals surface area contributed by atoms with E-state index in [0.717, 1.165) is 4.90 Å². The minimum absolute atomic E-state index is 0.0254. The Bertz CT molecular complexity index is 990. The molecule has 1 aromatic carbocycles. The van der Waals surface area contributed by atoms with Crippen LogP contribution in [0, 0.1) is 0 Å². The van der Waals surface area contributed by atoms with Crippen LogP contribution in [0.25, 0.3) is 6.08 Å². The molecule has 1 aliphatic rings. The van der Waals surface area contributed by atoms with Crippen molar-refractivity contribution >= 4 is 30.0 Å². The van der Waals surface area contributed by atoms with E-state index >= 15 is 0 Å². The molecule has 0 atom stereocenters. The predicted molar refractivity (Wildman–Crippen MR) is 94.9 cm³/mol. The van der Waals surface area contributed by atoms with Gasteiger partial charge >= 0.3 is 18.0 Å². The number of nitrogens with one attached hydrogen (secondary N) is 1. The molecule has 9 nitrogen and oxygen atoms in total. The minimum atomic E-state index is -0.656. The van der Waals surface area contributed by atoms with Crippen LogP contribution < -0.4 is 10.1 Å². The van der Waals surface area contributed by atoms with Gasteiger partial charge in [0.05, 0.1) is 13.7 Å². The number of nitrogens with zero attached hydrogens (tertiary/aromatic N) is 1. The number of urea groups is 1. The Hall–Kier alpha value is -3.88. The van der Waals surface area contributed by atoms with Gasteiger partial charge in [0.25, 0.3) is 5.91 Å². The smallest absolute Gasteiger partial charge is 0.373 e. The van der Waals surface area contributed by atoms with Gasteiger partial charge in [-0.25, -0.2) is 9.59 Å². The number of benzene rings is 1. The average molecular weight is 384 g/mol. The number of hydrogen-bond acceptors (Lipinski definition) is 7. The van der Waals surface area contributed by atoms with E-state index in [1.54, 1.807) is 24.3 Å². The van der Waals surface area contributed by atoms with E-state index in [4.69, 9.17) is 9.15 Å². The third-order valence-electron chi connectivity index (χ3n) is 3.76. The summed E-state index contributed by atoms with van der Waals surface area (Å²) >= 11 is 0. The lowest BCUT2D eigenvalue weighted by Gasteiger charge is -2.09. The normalized spacial score (nSPS) is 14.9. The van der Waals surface area contributed by atoms with E-state index in [2.05, 4.69) is 10.1 Å². The second kappa shape index (κ2) is 7.78. The Morgan fingerprint density at radius 3 is 2.71 bits per heavy atom. The highest BCUT2D eigenvalue weighted by Gasteiger charge is 2.34. The molecule has 0 radical (unpaired) electrons. The summed E-state index contributed by atoms with van der Waals surface area (Å²) in [6.07, 6.45) is 1.47. The minimum Gasteiger partial charge on any atom is -0.463 e. The van der Waals surface area contributed by atoms with Gasteiger partial charge in [0.2, 0.25) is 5.76 Å². The maximum absolute atomic E-state index is 12.5. The molecule has 0 aliphatic carbocycles. The topological polar surface area (TPSA) is 115 Å². The van der Waals surface area contributed by atoms with Crippen molar-refractivity contribution in [3.8, 4) is 5.75 Å². The van der Waals surface area contributed by atoms with Gasteiger partial charge in [-0.2, -0.15) is 0 Å². The van der Waals surface area contributed by atoms with E-state index in [0.29, 0.717) is 11.3 Å². The number of ether oxygens (including phenoxy) is 2. The highest BCUT2D eigenvalue weighted by Crippen LogP contribution is 2.20. The molecule has 0 unspecified atom stereocenters. The van der Waals surface area contributed by atoms with Crippen molar-refractivity contribution in [3.05, 3.63) is 59.2 Å². The van der Waals surface area contributed by atoms with Gasteiger partial charge in [0.1, 0.15) is 17.2 Å². The number of methoxy groups -OCH3 is 1. The number of esters is 2. The lowest BCUT2D eigenvalue weighted by atomic mass is 10.2. The number of carbonyl (C=O) groups excluding carboxylic acids is 4. The fourth-order valence-corrected chi connectivity index (χ4v) is 2.54. The van der Waals surface area contributed by atoms with Crippen molar-refractivity contribution in [1.82, 2.24) is 10.2 Å². The van der Waals surface area contributed by atoms with Gasteiger partial charge in [-0.1, -0.05) is 12.1 Å². The standard InChI is InChI=1S/C19H16N2O7/c1-11(22)27-13-5-3-4-12(8-13)9-15-17(23)21(19(25)20-15)10-14-6-7-16(28-14)18(24)26-2/h3-9H,10H2,1-2H3,(H,20,25)/b15-9-. The summed E-state index contributed by atoms with van der Waals surface area (Å²) < 4.78 is 14.8. The highest BCUT2D eigenvalue weighted by atomic mass is 16.5. The molecule has 0 bridgehead atoms. The van der Waals surface area contributed by atoms with Crippen LogP contribution in [0.15, 0.2) is 46.5 Å². The van der Waals surface area contributed by atoms with Gasteiger partial charge < -0.3 is 19.2 Å². The summed E-state index contributed by atoms with van der Waals surface area (Å²) in [7, 11) is 1.22. The Balaban J connectivity index is 1.76. The first-order valence-electron chi connectivity index (χ1n) is 8.17. The van der Waals surface area contributed by atoms with Crippen molar-refractivity contribution < 1.29 is 33.1 Å². The van der Waals surface area contributed by atoms with Crippen LogP contribution in [0.5, 0.6) is 5.75 Å². The third kappa shape index (κ3) is 4.09. The molecule has 2 heterocycles. The number of rotatable bonds is 5. The van der Waals surface area contributed by atoms with Crippen LogP contribution in [0.3, 0.4) is 0 Å². The van der Waals surface area contributed by atoms with E-state index < -0.39 is 23.9 Å². The molecule has 28 heavy (non-hydrogen) atoms. The summed E-state index contributed by atoms with van der Waals surface area (Å²) in [6.45, 7) is 1.14. The molecule has 1 aromatic heterocycles. The first-order chi connectivity index (χ1) is 13.4. The first-order valence-corrected chi connectivity index (χ1v) is 8.17. The fourth-order valence-electron chi connectivity index (χ4n) is 2.54. The highest BCUT2D eigenvalue weighted by molar-refractivity contribution is 6.13. The summed E-state index contributed by atoms with van der Waals surface area (Å²) in [5.74, 6) is -1.13. The maximum Gasteiger partial charge on any atom is 0.373 e. The first kappa shape index (κ1) is 18.9. The van der Waals surface area contributed by atoms with E-state index in [1.165, 1.54) is 32.2 Å². The third-order valence-corrected chi connectivity index (χ3v) is 3.76. The van der Waals surface area contributed by atoms with Crippen LogP contribution in [0.1, 0.15) is 28.8 Å². The Morgan fingerprint density at radius 2 is 2.00 bits per heavy atom. The second-order valence-electron chi connectivity index (χ2n) is 5.80. The zero-order valence-corrected chi connectivity index (χ0v) is 15.1. The van der Waals surface area contributed by atoms with Crippen LogP contribution in [0.4, 0.5) is 4.79 Å². The molecular formula is C19H16N2O7. The van der Waals surface area contributed by atoms with E-state index in [9.17, 15) is 19.2 Å². The van der Waals surface area contributed by atoms with E-state index in [1.807, 2.05) is 0 Å². The molecule has 1 saturated heterocycles. The van der Waals surface area contributed by atoms with Crippen LogP contribution >= 0.6 is 0 Å². The van der Waals surface area contributed by atoms with Gasteiger partial charge in [0.15, 0.2) is 0 Å². The fraction of sp³-hybridized carbons (Fsp3) is 0.158. The number of imide groups is 1. The summed E-state index contributed by atoms with van der Waals surface area (Å²) in [6, 6.07) is 8.77. The average Bonchev–Trinajstić information content (AvgIpc) is 3.22. The molecule has 3 amide bonds. The van der Waals surface area contributed by atoms with Crippen molar-refractivity contribution in [2.75, 3.05) is 7.11 Å². The quantitative estimate of drug-likeness (QED) is 0.363. The van der Waals surface area contributed by atoms with E-state index in [-0.39, 0.29) is 23.8 Å². The Kier molecular flexibility index (Phi) is 5.25. The van der Waals surface area contributed by atoms with Gasteiger partial charge in [0, 0.05) is 6.92 Å². The zero-order chi connectivity index (χ0) is 20.3. The Labute approximate surface area is 159 Å². The monoisotopic (exact) mass is 384 g/mol. The summed E-state index contributed by atoms with van der Waals surface area (Å²) in [5.41, 5.74) is 0.625. The van der Waals surface area contributed by atoms with Crippen molar-refractivity contribution in [2.24, 2.45) is 0 Å². The summed E-state index contributed by atoms with van der Waals surface area (Å²) in [5, 5.41) is 2.48.